The van der Waals surface area contributed by atoms with Crippen LogP contribution in [0.5, 0.6) is 5.88 Å². The van der Waals surface area contributed by atoms with E-state index in [9.17, 15) is 0 Å². The number of ether oxygens (including phenoxy) is 1. The van der Waals surface area contributed by atoms with Crippen LogP contribution in [-0.2, 0) is 6.61 Å². The standard InChI is InChI=1S/C14H15N3O2/c1-10-7-12(14(15)17-18)8-13(16-10)19-9-11-5-3-2-4-6-11/h2-8,18H,9H2,1H3,(H2,15,17). The minimum Gasteiger partial charge on any atom is -0.473 e. The Morgan fingerprint density at radius 1 is 1.32 bits per heavy atom. The minimum absolute atomic E-state index is 0.0371. The molecule has 0 saturated heterocycles. The molecule has 0 aliphatic rings. The Morgan fingerprint density at radius 2 is 2.05 bits per heavy atom. The summed E-state index contributed by atoms with van der Waals surface area (Å²) in [6.07, 6.45) is 0. The van der Waals surface area contributed by atoms with Gasteiger partial charge in [0.15, 0.2) is 5.84 Å². The third-order valence-electron chi connectivity index (χ3n) is 2.56. The molecule has 1 heterocycles. The molecular formula is C14H15N3O2. The molecule has 0 amide bonds. The number of rotatable bonds is 4. The van der Waals surface area contributed by atoms with Crippen LogP contribution in [0.15, 0.2) is 47.6 Å². The van der Waals surface area contributed by atoms with Crippen LogP contribution in [0.2, 0.25) is 0 Å². The van der Waals surface area contributed by atoms with E-state index in [0.717, 1.165) is 11.3 Å². The van der Waals surface area contributed by atoms with Crippen LogP contribution in [0.1, 0.15) is 16.8 Å². The van der Waals surface area contributed by atoms with Gasteiger partial charge in [-0.15, -0.1) is 0 Å². The summed E-state index contributed by atoms with van der Waals surface area (Å²) >= 11 is 0. The molecule has 19 heavy (non-hydrogen) atoms. The smallest absolute Gasteiger partial charge is 0.214 e. The van der Waals surface area contributed by atoms with Crippen LogP contribution in [0, 0.1) is 6.92 Å². The van der Waals surface area contributed by atoms with E-state index >= 15 is 0 Å². The van der Waals surface area contributed by atoms with Crippen molar-refractivity contribution in [3.8, 4) is 5.88 Å². The molecule has 0 radical (unpaired) electrons. The molecule has 0 spiro atoms. The molecule has 5 heteroatoms. The van der Waals surface area contributed by atoms with Crippen molar-refractivity contribution in [1.29, 1.82) is 0 Å². The third kappa shape index (κ3) is 3.45. The Hall–Kier alpha value is -2.56. The van der Waals surface area contributed by atoms with Gasteiger partial charge in [0.05, 0.1) is 0 Å². The van der Waals surface area contributed by atoms with Crippen molar-refractivity contribution in [3.05, 3.63) is 59.3 Å². The lowest BCUT2D eigenvalue weighted by Crippen LogP contribution is -2.14. The zero-order valence-electron chi connectivity index (χ0n) is 10.6. The molecular weight excluding hydrogens is 242 g/mol. The van der Waals surface area contributed by atoms with Crippen molar-refractivity contribution in [1.82, 2.24) is 4.98 Å². The van der Waals surface area contributed by atoms with Crippen molar-refractivity contribution in [2.24, 2.45) is 10.9 Å². The number of aryl methyl sites for hydroxylation is 1. The minimum atomic E-state index is 0.0371. The van der Waals surface area contributed by atoms with Gasteiger partial charge in [0, 0.05) is 17.3 Å². The summed E-state index contributed by atoms with van der Waals surface area (Å²) < 4.78 is 5.60. The Kier molecular flexibility index (Phi) is 3.97. The number of pyridine rings is 1. The number of oxime groups is 1. The fraction of sp³-hybridized carbons (Fsp3) is 0.143. The molecule has 0 unspecified atom stereocenters. The highest BCUT2D eigenvalue weighted by molar-refractivity contribution is 5.97. The van der Waals surface area contributed by atoms with E-state index in [0.29, 0.717) is 18.1 Å². The summed E-state index contributed by atoms with van der Waals surface area (Å²) in [5.74, 6) is 0.487. The molecule has 2 rings (SSSR count). The van der Waals surface area contributed by atoms with Gasteiger partial charge in [0.1, 0.15) is 6.61 Å². The number of hydrogen-bond acceptors (Lipinski definition) is 4. The van der Waals surface area contributed by atoms with Gasteiger partial charge in [-0.25, -0.2) is 4.98 Å². The average molecular weight is 257 g/mol. The lowest BCUT2D eigenvalue weighted by molar-refractivity contribution is 0.293. The maximum Gasteiger partial charge on any atom is 0.214 e. The largest absolute Gasteiger partial charge is 0.473 e. The van der Waals surface area contributed by atoms with Crippen LogP contribution in [0.4, 0.5) is 0 Å². The molecule has 0 fully saturated rings. The van der Waals surface area contributed by atoms with Gasteiger partial charge in [0.2, 0.25) is 5.88 Å². The highest BCUT2D eigenvalue weighted by atomic mass is 16.5. The molecule has 3 N–H and O–H groups in total. The lowest BCUT2D eigenvalue weighted by Gasteiger charge is -2.08. The topological polar surface area (TPSA) is 80.7 Å². The number of nitrogens with two attached hydrogens (primary N) is 1. The van der Waals surface area contributed by atoms with Gasteiger partial charge < -0.3 is 15.7 Å². The maximum absolute atomic E-state index is 8.68. The van der Waals surface area contributed by atoms with Crippen LogP contribution in [0.25, 0.3) is 0 Å². The molecule has 2 aromatic rings. The van der Waals surface area contributed by atoms with Gasteiger partial charge in [-0.2, -0.15) is 0 Å². The first-order chi connectivity index (χ1) is 9.19. The highest BCUT2D eigenvalue weighted by Crippen LogP contribution is 2.14. The number of amidine groups is 1. The van der Waals surface area contributed by atoms with Crippen LogP contribution in [0.3, 0.4) is 0 Å². The van der Waals surface area contributed by atoms with Gasteiger partial charge in [-0.05, 0) is 18.6 Å². The fourth-order valence-corrected chi connectivity index (χ4v) is 1.65. The summed E-state index contributed by atoms with van der Waals surface area (Å²) in [4.78, 5) is 4.25. The van der Waals surface area contributed by atoms with Gasteiger partial charge in [0.25, 0.3) is 0 Å². The first kappa shape index (κ1) is 12.9. The number of aromatic nitrogens is 1. The normalized spacial score (nSPS) is 11.3. The monoisotopic (exact) mass is 257 g/mol. The highest BCUT2D eigenvalue weighted by Gasteiger charge is 2.05. The summed E-state index contributed by atoms with van der Waals surface area (Å²) in [5, 5.41) is 11.6. The molecule has 5 nitrogen and oxygen atoms in total. The van der Waals surface area contributed by atoms with E-state index in [1.807, 2.05) is 37.3 Å². The second kappa shape index (κ2) is 5.86. The van der Waals surface area contributed by atoms with E-state index in [1.54, 1.807) is 12.1 Å². The van der Waals surface area contributed by atoms with E-state index in [2.05, 4.69) is 10.1 Å². The van der Waals surface area contributed by atoms with E-state index in [-0.39, 0.29) is 5.84 Å². The van der Waals surface area contributed by atoms with Crippen LogP contribution in [-0.4, -0.2) is 16.0 Å². The van der Waals surface area contributed by atoms with Crippen molar-refractivity contribution < 1.29 is 9.94 Å². The quantitative estimate of drug-likeness (QED) is 0.380. The molecule has 0 aliphatic carbocycles. The van der Waals surface area contributed by atoms with E-state index in [1.165, 1.54) is 0 Å². The Labute approximate surface area is 111 Å². The SMILES string of the molecule is Cc1cc(/C(N)=N/O)cc(OCc2ccccc2)n1. The first-order valence-electron chi connectivity index (χ1n) is 5.82. The number of benzene rings is 1. The predicted molar refractivity (Wildman–Crippen MR) is 72.3 cm³/mol. The van der Waals surface area contributed by atoms with E-state index < -0.39 is 0 Å². The molecule has 0 saturated carbocycles. The van der Waals surface area contributed by atoms with Gasteiger partial charge in [-0.3, -0.25) is 0 Å². The second-order valence-electron chi connectivity index (χ2n) is 4.09. The summed E-state index contributed by atoms with van der Waals surface area (Å²) in [6.45, 7) is 2.25. The first-order valence-corrected chi connectivity index (χ1v) is 5.82. The van der Waals surface area contributed by atoms with Crippen molar-refractivity contribution in [2.45, 2.75) is 13.5 Å². The van der Waals surface area contributed by atoms with Crippen LogP contribution < -0.4 is 10.5 Å². The maximum atomic E-state index is 8.68. The molecule has 1 aromatic carbocycles. The zero-order chi connectivity index (χ0) is 13.7. The van der Waals surface area contributed by atoms with Gasteiger partial charge in [-0.1, -0.05) is 35.5 Å². The molecule has 98 valence electrons. The Bertz CT molecular complexity index is 582. The predicted octanol–water partition coefficient (Wildman–Crippen LogP) is 2.06. The number of nitrogens with zero attached hydrogens (tertiary/aromatic N) is 2. The molecule has 0 atom stereocenters. The summed E-state index contributed by atoms with van der Waals surface area (Å²) in [7, 11) is 0. The van der Waals surface area contributed by atoms with Crippen molar-refractivity contribution in [3.63, 3.8) is 0 Å². The second-order valence-corrected chi connectivity index (χ2v) is 4.09. The number of hydrogen-bond donors (Lipinski definition) is 2. The lowest BCUT2D eigenvalue weighted by atomic mass is 10.2. The van der Waals surface area contributed by atoms with Crippen molar-refractivity contribution in [2.75, 3.05) is 0 Å². The molecule has 0 aliphatic heterocycles. The summed E-state index contributed by atoms with van der Waals surface area (Å²) in [6, 6.07) is 13.2. The Balaban J connectivity index is 2.14. The van der Waals surface area contributed by atoms with Crippen molar-refractivity contribution >= 4 is 5.84 Å². The fourth-order valence-electron chi connectivity index (χ4n) is 1.65. The average Bonchev–Trinajstić information content (AvgIpc) is 2.45. The Morgan fingerprint density at radius 3 is 2.74 bits per heavy atom. The molecule has 0 bridgehead atoms. The zero-order valence-corrected chi connectivity index (χ0v) is 10.6. The molecule has 1 aromatic heterocycles. The third-order valence-corrected chi connectivity index (χ3v) is 2.56. The van der Waals surface area contributed by atoms with Crippen LogP contribution >= 0.6 is 0 Å². The van der Waals surface area contributed by atoms with Gasteiger partial charge >= 0.3 is 0 Å². The van der Waals surface area contributed by atoms with E-state index in [4.69, 9.17) is 15.7 Å². The summed E-state index contributed by atoms with van der Waals surface area (Å²) in [5.41, 5.74) is 7.93.